The van der Waals surface area contributed by atoms with E-state index < -0.39 is 0 Å². The van der Waals surface area contributed by atoms with Crippen LogP contribution in [0.1, 0.15) is 25.0 Å². The van der Waals surface area contributed by atoms with Gasteiger partial charge >= 0.3 is 0 Å². The van der Waals surface area contributed by atoms with E-state index in [-0.39, 0.29) is 6.61 Å². The third-order valence-corrected chi connectivity index (χ3v) is 6.91. The number of imidazole rings is 1. The van der Waals surface area contributed by atoms with E-state index in [0.717, 1.165) is 69.0 Å². The van der Waals surface area contributed by atoms with Crippen LogP contribution in [-0.4, -0.2) is 37.7 Å². The smallest absolute Gasteiger partial charge is 0.137 e. The van der Waals surface area contributed by atoms with E-state index in [4.69, 9.17) is 9.97 Å². The second kappa shape index (κ2) is 9.91. The van der Waals surface area contributed by atoms with E-state index >= 15 is 0 Å². The first-order valence-corrected chi connectivity index (χ1v) is 12.4. The summed E-state index contributed by atoms with van der Waals surface area (Å²) >= 11 is 0. The van der Waals surface area contributed by atoms with Crippen LogP contribution < -0.4 is 4.90 Å². The molecule has 182 valence electrons. The van der Waals surface area contributed by atoms with Gasteiger partial charge in [-0.1, -0.05) is 36.4 Å². The molecule has 0 fully saturated rings. The molecule has 0 aliphatic carbocycles. The molecule has 0 atom stereocenters. The molecule has 0 aliphatic heterocycles. The maximum Gasteiger partial charge on any atom is 0.137 e. The van der Waals surface area contributed by atoms with Crippen molar-refractivity contribution in [2.45, 2.75) is 27.4 Å². The SMILES string of the molecule is CCN(CC)c1nc2ccc(-c3c(CO)ccnc3-c3cncn3C)cc2c(C)c1-c1ccccc1. The topological polar surface area (TPSA) is 67.1 Å². The first-order chi connectivity index (χ1) is 17.6. The summed E-state index contributed by atoms with van der Waals surface area (Å²) in [4.78, 5) is 16.5. The Hall–Kier alpha value is -4.03. The van der Waals surface area contributed by atoms with Gasteiger partial charge in [0.05, 0.1) is 36.0 Å². The van der Waals surface area contributed by atoms with E-state index in [9.17, 15) is 5.11 Å². The maximum atomic E-state index is 10.2. The van der Waals surface area contributed by atoms with Crippen molar-refractivity contribution in [2.75, 3.05) is 18.0 Å². The summed E-state index contributed by atoms with van der Waals surface area (Å²) in [6, 6.07) is 18.7. The Kier molecular flexibility index (Phi) is 6.53. The molecule has 3 aromatic heterocycles. The zero-order valence-electron chi connectivity index (χ0n) is 21.2. The summed E-state index contributed by atoms with van der Waals surface area (Å²) in [5.41, 5.74) is 8.89. The lowest BCUT2D eigenvalue weighted by Crippen LogP contribution is -2.24. The lowest BCUT2D eigenvalue weighted by atomic mass is 9.92. The number of nitrogens with zero attached hydrogens (tertiary/aromatic N) is 5. The second-order valence-corrected chi connectivity index (χ2v) is 8.95. The van der Waals surface area contributed by atoms with Crippen LogP contribution in [0.3, 0.4) is 0 Å². The molecule has 0 radical (unpaired) electrons. The van der Waals surface area contributed by atoms with Crippen molar-refractivity contribution in [3.8, 4) is 33.6 Å². The van der Waals surface area contributed by atoms with Gasteiger partial charge in [-0.3, -0.25) is 4.98 Å². The number of fused-ring (bicyclic) bond motifs is 1. The highest BCUT2D eigenvalue weighted by Crippen LogP contribution is 2.40. The number of aliphatic hydroxyl groups excluding tert-OH is 1. The summed E-state index contributed by atoms with van der Waals surface area (Å²) < 4.78 is 1.95. The molecule has 0 spiro atoms. The zero-order valence-corrected chi connectivity index (χ0v) is 21.2. The number of hydrogen-bond acceptors (Lipinski definition) is 5. The minimum atomic E-state index is -0.0753. The predicted molar refractivity (Wildman–Crippen MR) is 147 cm³/mol. The van der Waals surface area contributed by atoms with Crippen molar-refractivity contribution in [1.82, 2.24) is 19.5 Å². The van der Waals surface area contributed by atoms with Gasteiger partial charge in [0.15, 0.2) is 0 Å². The number of rotatable bonds is 7. The van der Waals surface area contributed by atoms with E-state index in [1.165, 1.54) is 5.56 Å². The quantitative estimate of drug-likeness (QED) is 0.311. The largest absolute Gasteiger partial charge is 0.392 e. The molecule has 0 unspecified atom stereocenters. The van der Waals surface area contributed by atoms with Crippen LogP contribution in [0.2, 0.25) is 0 Å². The highest BCUT2D eigenvalue weighted by atomic mass is 16.3. The third-order valence-electron chi connectivity index (χ3n) is 6.91. The number of anilines is 1. The lowest BCUT2D eigenvalue weighted by Gasteiger charge is -2.25. The second-order valence-electron chi connectivity index (χ2n) is 8.95. The molecule has 2 aromatic carbocycles. The van der Waals surface area contributed by atoms with Crippen molar-refractivity contribution >= 4 is 16.7 Å². The Morgan fingerprint density at radius 1 is 0.944 bits per heavy atom. The number of pyridine rings is 2. The summed E-state index contributed by atoms with van der Waals surface area (Å²) in [7, 11) is 1.95. The van der Waals surface area contributed by atoms with Crippen molar-refractivity contribution in [1.29, 1.82) is 0 Å². The van der Waals surface area contributed by atoms with E-state index in [1.54, 1.807) is 12.5 Å². The van der Waals surface area contributed by atoms with Gasteiger partial charge in [-0.15, -0.1) is 0 Å². The van der Waals surface area contributed by atoms with Gasteiger partial charge in [0.25, 0.3) is 0 Å². The molecular weight excluding hydrogens is 446 g/mol. The predicted octanol–water partition coefficient (Wildman–Crippen LogP) is 6.01. The maximum absolute atomic E-state index is 10.2. The van der Waals surface area contributed by atoms with E-state index in [1.807, 2.05) is 29.9 Å². The monoisotopic (exact) mass is 477 g/mol. The van der Waals surface area contributed by atoms with Gasteiger partial charge in [-0.25, -0.2) is 9.97 Å². The van der Waals surface area contributed by atoms with Gasteiger partial charge < -0.3 is 14.6 Å². The normalized spacial score (nSPS) is 11.2. The van der Waals surface area contributed by atoms with Crippen LogP contribution in [0.4, 0.5) is 5.82 Å². The van der Waals surface area contributed by atoms with Crippen LogP contribution in [0, 0.1) is 6.92 Å². The van der Waals surface area contributed by atoms with Gasteiger partial charge in [-0.05, 0) is 61.2 Å². The Morgan fingerprint density at radius 3 is 2.39 bits per heavy atom. The molecule has 5 aromatic rings. The standard InChI is InChI=1S/C30H31N5O/c1-5-35(6-2)30-27(21-10-8-7-9-11-21)20(3)24-16-22(12-13-25(24)33-30)28-23(18-36)14-15-32-29(28)26-17-31-19-34(26)4/h7-17,19,36H,5-6,18H2,1-4H3. The molecule has 0 saturated carbocycles. The number of aliphatic hydroxyl groups is 1. The van der Waals surface area contributed by atoms with Crippen LogP contribution in [-0.2, 0) is 13.7 Å². The van der Waals surface area contributed by atoms with Crippen molar-refractivity contribution in [3.05, 3.63) is 84.4 Å². The molecule has 1 N–H and O–H groups in total. The fraction of sp³-hybridized carbons (Fsp3) is 0.233. The Labute approximate surface area is 211 Å². The van der Waals surface area contributed by atoms with Crippen LogP contribution >= 0.6 is 0 Å². The number of aryl methyl sites for hydroxylation is 2. The molecule has 0 aliphatic rings. The first-order valence-electron chi connectivity index (χ1n) is 12.4. The van der Waals surface area contributed by atoms with Gasteiger partial charge in [0, 0.05) is 42.8 Å². The molecule has 3 heterocycles. The number of benzene rings is 2. The highest BCUT2D eigenvalue weighted by Gasteiger charge is 2.20. The Balaban J connectivity index is 1.79. The summed E-state index contributed by atoms with van der Waals surface area (Å²) in [6.07, 6.45) is 5.32. The molecule has 0 amide bonds. The lowest BCUT2D eigenvalue weighted by molar-refractivity contribution is 0.282. The van der Waals surface area contributed by atoms with Crippen molar-refractivity contribution in [2.24, 2.45) is 7.05 Å². The summed E-state index contributed by atoms with van der Waals surface area (Å²) in [5.74, 6) is 1.01. The molecule has 0 bridgehead atoms. The molecule has 6 nitrogen and oxygen atoms in total. The zero-order chi connectivity index (χ0) is 25.2. The molecule has 6 heteroatoms. The van der Waals surface area contributed by atoms with Crippen LogP contribution in [0.5, 0.6) is 0 Å². The minimum Gasteiger partial charge on any atom is -0.392 e. The minimum absolute atomic E-state index is 0.0753. The van der Waals surface area contributed by atoms with Crippen LogP contribution in [0.25, 0.3) is 44.5 Å². The summed E-state index contributed by atoms with van der Waals surface area (Å²) in [6.45, 7) is 8.21. The Bertz CT molecular complexity index is 1520. The van der Waals surface area contributed by atoms with Crippen molar-refractivity contribution in [3.63, 3.8) is 0 Å². The molecule has 5 rings (SSSR count). The fourth-order valence-electron chi connectivity index (χ4n) is 5.00. The Morgan fingerprint density at radius 2 is 1.72 bits per heavy atom. The molecule has 0 saturated heterocycles. The number of hydrogen-bond donors (Lipinski definition) is 1. The summed E-state index contributed by atoms with van der Waals surface area (Å²) in [5, 5.41) is 11.3. The van der Waals surface area contributed by atoms with Gasteiger partial charge in [0.1, 0.15) is 5.82 Å². The molecule has 36 heavy (non-hydrogen) atoms. The average molecular weight is 478 g/mol. The average Bonchev–Trinajstić information content (AvgIpc) is 3.35. The first kappa shape index (κ1) is 23.7. The van der Waals surface area contributed by atoms with Gasteiger partial charge in [0.2, 0.25) is 0 Å². The number of aromatic nitrogens is 4. The van der Waals surface area contributed by atoms with Crippen LogP contribution in [0.15, 0.2) is 73.3 Å². The van der Waals surface area contributed by atoms with E-state index in [2.05, 4.69) is 73.1 Å². The fourth-order valence-corrected chi connectivity index (χ4v) is 5.00. The highest BCUT2D eigenvalue weighted by molar-refractivity contribution is 5.97. The van der Waals surface area contributed by atoms with Gasteiger partial charge in [-0.2, -0.15) is 0 Å². The van der Waals surface area contributed by atoms with E-state index in [0.29, 0.717) is 0 Å². The van der Waals surface area contributed by atoms with Crippen molar-refractivity contribution < 1.29 is 5.11 Å². The molecular formula is C30H31N5O. The third kappa shape index (κ3) is 4.03.